The molecule has 1 N–H and O–H groups in total. The lowest BCUT2D eigenvalue weighted by atomic mass is 9.96. The van der Waals surface area contributed by atoms with Crippen molar-refractivity contribution < 1.29 is 4.79 Å². The number of aromatic nitrogens is 3. The Kier molecular flexibility index (Phi) is 6.04. The van der Waals surface area contributed by atoms with E-state index in [0.29, 0.717) is 25.3 Å². The highest BCUT2D eigenvalue weighted by Gasteiger charge is 2.27. The number of aryl methyl sites for hydroxylation is 2. The summed E-state index contributed by atoms with van der Waals surface area (Å²) >= 11 is 0. The first-order valence-corrected chi connectivity index (χ1v) is 11.6. The van der Waals surface area contributed by atoms with Crippen LogP contribution in [0.3, 0.4) is 0 Å². The Morgan fingerprint density at radius 3 is 2.68 bits per heavy atom. The number of fused-ring (bicyclic) bond motifs is 1. The maximum absolute atomic E-state index is 13.1. The molecule has 1 aliphatic rings. The maximum atomic E-state index is 13.1. The fourth-order valence-electron chi connectivity index (χ4n) is 4.33. The summed E-state index contributed by atoms with van der Waals surface area (Å²) in [4.78, 5) is 29.3. The minimum absolute atomic E-state index is 0.108. The summed E-state index contributed by atoms with van der Waals surface area (Å²) in [5.41, 5.74) is 7.79. The van der Waals surface area contributed by atoms with Crippen molar-refractivity contribution >= 4 is 11.7 Å². The average molecular weight is 450 g/mol. The number of carbonyl (C=O) groups excluding carboxylic acids is 1. The fraction of sp³-hybridized carbons (Fsp3) is 0.214. The number of hydrogen-bond donors (Lipinski definition) is 1. The summed E-state index contributed by atoms with van der Waals surface area (Å²) < 4.78 is 0. The highest BCUT2D eigenvalue weighted by molar-refractivity contribution is 5.89. The van der Waals surface area contributed by atoms with Crippen LogP contribution in [0.4, 0.5) is 10.5 Å². The SMILES string of the molecule is CCc1cccc(NC(=O)N2CCc3nc(-c4ccccn4)nc(-c4ccccc4C)c3C2)c1. The van der Waals surface area contributed by atoms with Gasteiger partial charge in [0.1, 0.15) is 5.69 Å². The summed E-state index contributed by atoms with van der Waals surface area (Å²) in [6, 6.07) is 21.8. The standard InChI is InChI=1S/C28H27N5O/c1-3-20-10-8-11-21(17-20)30-28(34)33-16-14-24-23(18-33)26(22-12-5-4-9-19(22)2)32-27(31-24)25-13-6-7-15-29-25/h4-13,15,17H,3,14,16,18H2,1-2H3,(H,30,34). The van der Waals surface area contributed by atoms with E-state index in [0.717, 1.165) is 45.9 Å². The summed E-state index contributed by atoms with van der Waals surface area (Å²) in [7, 11) is 0. The topological polar surface area (TPSA) is 71.0 Å². The summed E-state index contributed by atoms with van der Waals surface area (Å²) in [5, 5.41) is 3.06. The summed E-state index contributed by atoms with van der Waals surface area (Å²) in [6.07, 6.45) is 3.35. The van der Waals surface area contributed by atoms with Crippen LogP contribution in [-0.4, -0.2) is 32.4 Å². The molecule has 2 aromatic carbocycles. The zero-order valence-corrected chi connectivity index (χ0v) is 19.5. The second-order valence-electron chi connectivity index (χ2n) is 8.51. The van der Waals surface area contributed by atoms with Gasteiger partial charge in [0.2, 0.25) is 0 Å². The van der Waals surface area contributed by atoms with Gasteiger partial charge in [-0.15, -0.1) is 0 Å². The normalized spacial score (nSPS) is 12.8. The molecule has 34 heavy (non-hydrogen) atoms. The molecule has 170 valence electrons. The zero-order valence-electron chi connectivity index (χ0n) is 19.5. The highest BCUT2D eigenvalue weighted by Crippen LogP contribution is 2.32. The van der Waals surface area contributed by atoms with E-state index in [-0.39, 0.29) is 6.03 Å². The van der Waals surface area contributed by atoms with Crippen LogP contribution >= 0.6 is 0 Å². The lowest BCUT2D eigenvalue weighted by Crippen LogP contribution is -2.39. The molecule has 2 aromatic heterocycles. The van der Waals surface area contributed by atoms with Crippen molar-refractivity contribution in [2.24, 2.45) is 0 Å². The Morgan fingerprint density at radius 2 is 1.88 bits per heavy atom. The van der Waals surface area contributed by atoms with Gasteiger partial charge in [0.15, 0.2) is 5.82 Å². The van der Waals surface area contributed by atoms with Gasteiger partial charge in [0, 0.05) is 36.0 Å². The third-order valence-corrected chi connectivity index (χ3v) is 6.23. The predicted molar refractivity (Wildman–Crippen MR) is 134 cm³/mol. The highest BCUT2D eigenvalue weighted by atomic mass is 16.2. The van der Waals surface area contributed by atoms with E-state index >= 15 is 0 Å². The number of pyridine rings is 1. The van der Waals surface area contributed by atoms with Crippen molar-refractivity contribution in [2.45, 2.75) is 33.2 Å². The largest absolute Gasteiger partial charge is 0.322 e. The van der Waals surface area contributed by atoms with Crippen LogP contribution in [0.1, 0.15) is 29.3 Å². The van der Waals surface area contributed by atoms with Gasteiger partial charge in [-0.05, 0) is 48.7 Å². The van der Waals surface area contributed by atoms with Crippen LogP contribution in [0, 0.1) is 6.92 Å². The second-order valence-corrected chi connectivity index (χ2v) is 8.51. The van der Waals surface area contributed by atoms with Gasteiger partial charge in [-0.25, -0.2) is 14.8 Å². The molecule has 3 heterocycles. The molecule has 0 aliphatic carbocycles. The summed E-state index contributed by atoms with van der Waals surface area (Å²) in [6.45, 7) is 5.24. The lowest BCUT2D eigenvalue weighted by Gasteiger charge is -2.30. The number of urea groups is 1. The lowest BCUT2D eigenvalue weighted by molar-refractivity contribution is 0.206. The smallest absolute Gasteiger partial charge is 0.320 e. The molecule has 6 heteroatoms. The predicted octanol–water partition coefficient (Wildman–Crippen LogP) is 5.67. The summed E-state index contributed by atoms with van der Waals surface area (Å²) in [5.74, 6) is 0.617. The van der Waals surface area contributed by atoms with E-state index in [4.69, 9.17) is 9.97 Å². The van der Waals surface area contributed by atoms with Crippen molar-refractivity contribution in [2.75, 3.05) is 11.9 Å². The van der Waals surface area contributed by atoms with Gasteiger partial charge >= 0.3 is 6.03 Å². The minimum atomic E-state index is -0.108. The molecule has 0 fully saturated rings. The molecule has 0 spiro atoms. The van der Waals surface area contributed by atoms with Crippen LogP contribution in [0.5, 0.6) is 0 Å². The van der Waals surface area contributed by atoms with Crippen LogP contribution in [0.25, 0.3) is 22.8 Å². The van der Waals surface area contributed by atoms with E-state index < -0.39 is 0 Å². The molecule has 6 nitrogen and oxygen atoms in total. The molecule has 0 bridgehead atoms. The Bertz CT molecular complexity index is 1340. The number of benzene rings is 2. The number of anilines is 1. The molecule has 0 radical (unpaired) electrons. The van der Waals surface area contributed by atoms with Gasteiger partial charge in [-0.3, -0.25) is 4.98 Å². The molecule has 0 saturated carbocycles. The third kappa shape index (κ3) is 4.39. The number of nitrogens with one attached hydrogen (secondary N) is 1. The second kappa shape index (κ2) is 9.43. The Morgan fingerprint density at radius 1 is 1.03 bits per heavy atom. The quantitative estimate of drug-likeness (QED) is 0.436. The number of carbonyl (C=O) groups is 1. The number of hydrogen-bond acceptors (Lipinski definition) is 4. The van der Waals surface area contributed by atoms with E-state index in [9.17, 15) is 4.79 Å². The van der Waals surface area contributed by atoms with Crippen molar-refractivity contribution in [1.29, 1.82) is 0 Å². The van der Waals surface area contributed by atoms with Crippen LogP contribution in [0.2, 0.25) is 0 Å². The van der Waals surface area contributed by atoms with Crippen LogP contribution in [-0.2, 0) is 19.4 Å². The Hall–Kier alpha value is -4.06. The van der Waals surface area contributed by atoms with Crippen molar-refractivity contribution in [3.63, 3.8) is 0 Å². The van der Waals surface area contributed by atoms with E-state index in [2.05, 4.69) is 42.3 Å². The zero-order chi connectivity index (χ0) is 23.5. The molecule has 2 amide bonds. The molecular weight excluding hydrogens is 422 g/mol. The molecular formula is C28H27N5O. The maximum Gasteiger partial charge on any atom is 0.322 e. The monoisotopic (exact) mass is 449 g/mol. The molecule has 0 saturated heterocycles. The molecule has 4 aromatic rings. The Balaban J connectivity index is 1.51. The Labute approximate surface area is 199 Å². The van der Waals surface area contributed by atoms with Crippen molar-refractivity contribution in [3.05, 3.63) is 95.3 Å². The van der Waals surface area contributed by atoms with Crippen molar-refractivity contribution in [1.82, 2.24) is 19.9 Å². The molecule has 0 atom stereocenters. The fourth-order valence-corrected chi connectivity index (χ4v) is 4.33. The van der Waals surface area contributed by atoms with Crippen LogP contribution < -0.4 is 5.32 Å². The number of amides is 2. The van der Waals surface area contributed by atoms with Crippen molar-refractivity contribution in [3.8, 4) is 22.8 Å². The van der Waals surface area contributed by atoms with E-state index in [1.807, 2.05) is 53.4 Å². The first-order valence-electron chi connectivity index (χ1n) is 11.6. The molecule has 5 rings (SSSR count). The average Bonchev–Trinajstić information content (AvgIpc) is 2.88. The minimum Gasteiger partial charge on any atom is -0.320 e. The van der Waals surface area contributed by atoms with Gasteiger partial charge in [0.05, 0.1) is 17.9 Å². The first kappa shape index (κ1) is 21.8. The third-order valence-electron chi connectivity index (χ3n) is 6.23. The van der Waals surface area contributed by atoms with Gasteiger partial charge in [0.25, 0.3) is 0 Å². The number of rotatable bonds is 4. The van der Waals surface area contributed by atoms with E-state index in [1.54, 1.807) is 6.20 Å². The first-order chi connectivity index (χ1) is 16.6. The molecule has 1 aliphatic heterocycles. The van der Waals surface area contributed by atoms with Gasteiger partial charge < -0.3 is 10.2 Å². The van der Waals surface area contributed by atoms with Crippen LogP contribution in [0.15, 0.2) is 72.9 Å². The van der Waals surface area contributed by atoms with Gasteiger partial charge in [-0.2, -0.15) is 0 Å². The van der Waals surface area contributed by atoms with E-state index in [1.165, 1.54) is 5.56 Å². The molecule has 0 unspecified atom stereocenters. The van der Waals surface area contributed by atoms with Gasteiger partial charge in [-0.1, -0.05) is 49.4 Å². The number of nitrogens with zero attached hydrogens (tertiary/aromatic N) is 4.